The SMILES string of the molecule is CC1CC(C)(C)N(C)c2ccc(/C=N/Nc3ccc(C(F)(F)F)cc3[N+](=O)[O-])cc21. The van der Waals surface area contributed by atoms with E-state index < -0.39 is 22.4 Å². The van der Waals surface area contributed by atoms with Crippen molar-refractivity contribution in [2.45, 2.75) is 44.8 Å². The largest absolute Gasteiger partial charge is 0.416 e. The van der Waals surface area contributed by atoms with Gasteiger partial charge in [-0.3, -0.25) is 15.5 Å². The first kappa shape index (κ1) is 21.6. The van der Waals surface area contributed by atoms with Gasteiger partial charge in [0.2, 0.25) is 0 Å². The molecule has 2 aromatic rings. The third kappa shape index (κ3) is 4.24. The maximum absolute atomic E-state index is 12.8. The summed E-state index contributed by atoms with van der Waals surface area (Å²) in [6, 6.07) is 8.19. The van der Waals surface area contributed by atoms with Gasteiger partial charge in [-0.05, 0) is 61.6 Å². The molecular weight excluding hydrogens is 397 g/mol. The Morgan fingerprint density at radius 2 is 1.97 bits per heavy atom. The average Bonchev–Trinajstić information content (AvgIpc) is 2.65. The fourth-order valence-electron chi connectivity index (χ4n) is 3.81. The summed E-state index contributed by atoms with van der Waals surface area (Å²) in [7, 11) is 2.06. The normalized spacial score (nSPS) is 18.4. The number of fused-ring (bicyclic) bond motifs is 1. The van der Waals surface area contributed by atoms with E-state index in [9.17, 15) is 23.3 Å². The number of nitrogens with one attached hydrogen (secondary N) is 1. The van der Waals surface area contributed by atoms with E-state index in [0.29, 0.717) is 12.0 Å². The van der Waals surface area contributed by atoms with Gasteiger partial charge in [-0.25, -0.2) is 0 Å². The maximum atomic E-state index is 12.8. The molecule has 0 saturated carbocycles. The molecule has 1 aliphatic rings. The summed E-state index contributed by atoms with van der Waals surface area (Å²) in [5.74, 6) is 0.350. The first-order valence-electron chi connectivity index (χ1n) is 9.42. The quantitative estimate of drug-likeness (QED) is 0.387. The van der Waals surface area contributed by atoms with Gasteiger partial charge in [0.05, 0.1) is 16.7 Å². The van der Waals surface area contributed by atoms with Crippen molar-refractivity contribution >= 4 is 23.3 Å². The van der Waals surface area contributed by atoms with Gasteiger partial charge in [0, 0.05) is 24.3 Å². The number of hydrogen-bond acceptors (Lipinski definition) is 5. The van der Waals surface area contributed by atoms with Crippen LogP contribution in [-0.2, 0) is 6.18 Å². The van der Waals surface area contributed by atoms with Gasteiger partial charge in [-0.2, -0.15) is 18.3 Å². The Bertz CT molecular complexity index is 1000. The minimum absolute atomic E-state index is 0.0467. The minimum atomic E-state index is -4.66. The summed E-state index contributed by atoms with van der Waals surface area (Å²) in [6.07, 6.45) is -2.17. The van der Waals surface area contributed by atoms with Crippen LogP contribution in [0, 0.1) is 10.1 Å². The van der Waals surface area contributed by atoms with Crippen molar-refractivity contribution in [3.05, 3.63) is 63.2 Å². The number of nitro groups is 1. The molecule has 0 saturated heterocycles. The molecule has 9 heteroatoms. The van der Waals surface area contributed by atoms with Gasteiger partial charge in [0.1, 0.15) is 5.69 Å². The average molecular weight is 420 g/mol. The molecular formula is C21H23F3N4O2. The van der Waals surface area contributed by atoms with Crippen LogP contribution >= 0.6 is 0 Å². The maximum Gasteiger partial charge on any atom is 0.416 e. The second-order valence-electron chi connectivity index (χ2n) is 8.15. The highest BCUT2D eigenvalue weighted by Gasteiger charge is 2.34. The molecule has 1 aliphatic heterocycles. The molecule has 0 fully saturated rings. The van der Waals surface area contributed by atoms with Crippen molar-refractivity contribution in [3.63, 3.8) is 0 Å². The summed E-state index contributed by atoms with van der Waals surface area (Å²) in [5.41, 5.74) is 3.75. The number of alkyl halides is 3. The highest BCUT2D eigenvalue weighted by Crippen LogP contribution is 2.42. The first-order chi connectivity index (χ1) is 13.9. The van der Waals surface area contributed by atoms with Crippen LogP contribution < -0.4 is 10.3 Å². The monoisotopic (exact) mass is 420 g/mol. The molecule has 2 aromatic carbocycles. The van der Waals surface area contributed by atoms with Crippen LogP contribution in [0.15, 0.2) is 41.5 Å². The Balaban J connectivity index is 1.83. The number of hydrogen-bond donors (Lipinski definition) is 1. The van der Waals surface area contributed by atoms with E-state index >= 15 is 0 Å². The van der Waals surface area contributed by atoms with Crippen molar-refractivity contribution in [1.29, 1.82) is 0 Å². The molecule has 0 spiro atoms. The van der Waals surface area contributed by atoms with Gasteiger partial charge in [0.15, 0.2) is 0 Å². The molecule has 3 rings (SSSR count). The van der Waals surface area contributed by atoms with Crippen molar-refractivity contribution in [1.82, 2.24) is 0 Å². The summed E-state index contributed by atoms with van der Waals surface area (Å²) in [5, 5.41) is 15.1. The molecule has 1 N–H and O–H groups in total. The van der Waals surface area contributed by atoms with Crippen LogP contribution in [-0.4, -0.2) is 23.7 Å². The molecule has 160 valence electrons. The second-order valence-corrected chi connectivity index (χ2v) is 8.15. The zero-order valence-corrected chi connectivity index (χ0v) is 17.1. The number of hydrazone groups is 1. The zero-order chi connectivity index (χ0) is 22.3. The van der Waals surface area contributed by atoms with Crippen LogP contribution in [0.2, 0.25) is 0 Å². The lowest BCUT2D eigenvalue weighted by atomic mass is 9.80. The van der Waals surface area contributed by atoms with Crippen molar-refractivity contribution in [2.24, 2.45) is 5.10 Å². The number of nitrogens with zero attached hydrogens (tertiary/aromatic N) is 3. The predicted octanol–water partition coefficient (Wildman–Crippen LogP) is 5.78. The molecule has 30 heavy (non-hydrogen) atoms. The highest BCUT2D eigenvalue weighted by atomic mass is 19.4. The topological polar surface area (TPSA) is 70.8 Å². The fraction of sp³-hybridized carbons (Fsp3) is 0.381. The standard InChI is InChI=1S/C21H23F3N4O2/c1-13-11-20(2,3)27(4)18-8-5-14(9-16(13)18)12-25-26-17-7-6-15(21(22,23)24)10-19(17)28(29)30/h5-10,12-13,26H,11H2,1-4H3/b25-12+. The zero-order valence-electron chi connectivity index (χ0n) is 17.1. The Morgan fingerprint density at radius 3 is 2.60 bits per heavy atom. The van der Waals surface area contributed by atoms with Crippen LogP contribution in [0.1, 0.15) is 49.8 Å². The summed E-state index contributed by atoms with van der Waals surface area (Å²) >= 11 is 0. The van der Waals surface area contributed by atoms with Gasteiger partial charge < -0.3 is 4.90 Å². The number of benzene rings is 2. The molecule has 0 bridgehead atoms. The number of halogens is 3. The highest BCUT2D eigenvalue weighted by molar-refractivity contribution is 5.82. The van der Waals surface area contributed by atoms with Crippen LogP contribution in [0.3, 0.4) is 0 Å². The molecule has 0 radical (unpaired) electrons. The second kappa shape index (κ2) is 7.62. The van der Waals surface area contributed by atoms with Crippen molar-refractivity contribution in [2.75, 3.05) is 17.4 Å². The van der Waals surface area contributed by atoms with Gasteiger partial charge in [-0.15, -0.1) is 0 Å². The molecule has 0 aromatic heterocycles. The Morgan fingerprint density at radius 1 is 1.27 bits per heavy atom. The third-order valence-corrected chi connectivity index (χ3v) is 5.58. The van der Waals surface area contributed by atoms with Crippen molar-refractivity contribution < 1.29 is 18.1 Å². The number of nitro benzene ring substituents is 1. The fourth-order valence-corrected chi connectivity index (χ4v) is 3.81. The molecule has 1 atom stereocenters. The smallest absolute Gasteiger partial charge is 0.369 e. The van der Waals surface area contributed by atoms with Crippen LogP contribution in [0.25, 0.3) is 0 Å². The van der Waals surface area contributed by atoms with E-state index in [1.807, 2.05) is 18.2 Å². The summed E-state index contributed by atoms with van der Waals surface area (Å²) in [4.78, 5) is 12.5. The lowest BCUT2D eigenvalue weighted by Crippen LogP contribution is -2.45. The lowest BCUT2D eigenvalue weighted by molar-refractivity contribution is -0.384. The lowest BCUT2D eigenvalue weighted by Gasteiger charge is -2.45. The third-order valence-electron chi connectivity index (χ3n) is 5.58. The van der Waals surface area contributed by atoms with Crippen molar-refractivity contribution in [3.8, 4) is 0 Å². The van der Waals surface area contributed by atoms with E-state index in [-0.39, 0.29) is 11.2 Å². The Kier molecular flexibility index (Phi) is 5.49. The minimum Gasteiger partial charge on any atom is -0.369 e. The van der Waals surface area contributed by atoms with E-state index in [4.69, 9.17) is 0 Å². The summed E-state index contributed by atoms with van der Waals surface area (Å²) in [6.45, 7) is 6.56. The van der Waals surface area contributed by atoms with E-state index in [0.717, 1.165) is 29.8 Å². The number of rotatable bonds is 4. The number of anilines is 2. The molecule has 1 unspecified atom stereocenters. The van der Waals surface area contributed by atoms with Gasteiger partial charge >= 0.3 is 6.18 Å². The predicted molar refractivity (Wildman–Crippen MR) is 111 cm³/mol. The van der Waals surface area contributed by atoms with Gasteiger partial charge in [-0.1, -0.05) is 13.0 Å². The van der Waals surface area contributed by atoms with Crippen LogP contribution in [0.5, 0.6) is 0 Å². The van der Waals surface area contributed by atoms with Gasteiger partial charge in [0.25, 0.3) is 5.69 Å². The Hall–Kier alpha value is -3.10. The molecule has 0 aliphatic carbocycles. The van der Waals surface area contributed by atoms with E-state index in [1.165, 1.54) is 11.8 Å². The molecule has 0 amide bonds. The summed E-state index contributed by atoms with van der Waals surface area (Å²) < 4.78 is 38.4. The van der Waals surface area contributed by atoms with Crippen LogP contribution in [0.4, 0.5) is 30.2 Å². The molecule has 1 heterocycles. The van der Waals surface area contributed by atoms with E-state index in [1.54, 1.807) is 0 Å². The first-order valence-corrected chi connectivity index (χ1v) is 9.42. The van der Waals surface area contributed by atoms with E-state index in [2.05, 4.69) is 43.2 Å². The Labute approximate surface area is 172 Å². The molecule has 6 nitrogen and oxygen atoms in total.